The first-order valence-electron chi connectivity index (χ1n) is 7.86. The van der Waals surface area contributed by atoms with Crippen LogP contribution in [0, 0.1) is 0 Å². The Balaban J connectivity index is 2.00. The van der Waals surface area contributed by atoms with Gasteiger partial charge in [-0.2, -0.15) is 0 Å². The lowest BCUT2D eigenvalue weighted by atomic mass is 10.3. The molecule has 0 saturated heterocycles. The number of nitrogens with zero attached hydrogens (tertiary/aromatic N) is 1. The maximum Gasteiger partial charge on any atom is 0.265 e. The molecule has 0 heterocycles. The molecule has 0 aromatic heterocycles. The summed E-state index contributed by atoms with van der Waals surface area (Å²) in [6, 6.07) is 14.1. The summed E-state index contributed by atoms with van der Waals surface area (Å²) in [4.78, 5) is 13.3. The number of rotatable bonds is 7. The Morgan fingerprint density at radius 2 is 1.85 bits per heavy atom. The molecule has 2 aromatic rings. The van der Waals surface area contributed by atoms with Crippen molar-refractivity contribution >= 4 is 39.1 Å². The first-order chi connectivity index (χ1) is 12.2. The Labute approximate surface area is 158 Å². The molecule has 1 N–H and O–H groups in total. The molecule has 0 fully saturated rings. The fourth-order valence-electron chi connectivity index (χ4n) is 2.13. The van der Waals surface area contributed by atoms with Crippen LogP contribution in [-0.4, -0.2) is 40.0 Å². The number of hydrogen-bond acceptors (Lipinski definition) is 5. The summed E-state index contributed by atoms with van der Waals surface area (Å²) in [6.45, 7) is 1.66. The second-order valence-electron chi connectivity index (χ2n) is 5.71. The Bertz CT molecular complexity index is 867. The Kier molecular flexibility index (Phi) is 6.55. The number of anilines is 2. The van der Waals surface area contributed by atoms with Gasteiger partial charge >= 0.3 is 0 Å². The van der Waals surface area contributed by atoms with Gasteiger partial charge in [-0.05, 0) is 55.6 Å². The van der Waals surface area contributed by atoms with Gasteiger partial charge in [0.15, 0.2) is 6.10 Å². The molecule has 1 atom stereocenters. The van der Waals surface area contributed by atoms with Crippen molar-refractivity contribution in [1.82, 2.24) is 0 Å². The monoisotopic (exact) mass is 394 g/mol. The smallest absolute Gasteiger partial charge is 0.265 e. The van der Waals surface area contributed by atoms with Crippen LogP contribution in [0.3, 0.4) is 0 Å². The molecule has 8 heteroatoms. The molecule has 2 rings (SSSR count). The Morgan fingerprint density at radius 3 is 2.42 bits per heavy atom. The van der Waals surface area contributed by atoms with E-state index < -0.39 is 16.1 Å². The number of carbonyl (C=O) groups excluding carboxylic acids is 1. The highest BCUT2D eigenvalue weighted by Gasteiger charge is 2.16. The molecule has 6 nitrogen and oxygen atoms in total. The fourth-order valence-corrected chi connectivity index (χ4v) is 3.09. The lowest BCUT2D eigenvalue weighted by molar-refractivity contribution is -0.122. The van der Waals surface area contributed by atoms with Crippen molar-refractivity contribution in [2.24, 2.45) is 0 Å². The summed E-state index contributed by atoms with van der Waals surface area (Å²) in [5.41, 5.74) is 1.23. The maximum absolute atomic E-state index is 12.3. The average molecular weight is 395 g/mol. The molecule has 0 spiro atoms. The molecule has 0 aliphatic heterocycles. The van der Waals surface area contributed by atoms with Crippen molar-refractivity contribution in [3.8, 4) is 5.75 Å². The van der Waals surface area contributed by atoms with Crippen LogP contribution < -0.4 is 14.4 Å². The Hall–Kier alpha value is -2.19. The average Bonchev–Trinajstić information content (AvgIpc) is 2.61. The maximum atomic E-state index is 12.3. The molecule has 1 amide bonds. The zero-order valence-corrected chi connectivity index (χ0v) is 16.7. The SMILES string of the molecule is CSc1cccc(NC(=O)[C@@H](C)Oc2ccc(N(C)S(C)(=O)=O)cc2)c1. The van der Waals surface area contributed by atoms with Crippen LogP contribution in [0.1, 0.15) is 6.92 Å². The lowest BCUT2D eigenvalue weighted by Crippen LogP contribution is -2.30. The highest BCUT2D eigenvalue weighted by Crippen LogP contribution is 2.22. The highest BCUT2D eigenvalue weighted by molar-refractivity contribution is 7.98. The van der Waals surface area contributed by atoms with Crippen LogP contribution in [-0.2, 0) is 14.8 Å². The van der Waals surface area contributed by atoms with Crippen LogP contribution in [0.4, 0.5) is 11.4 Å². The van der Waals surface area contributed by atoms with E-state index >= 15 is 0 Å². The minimum atomic E-state index is -3.32. The fraction of sp³-hybridized carbons (Fsp3) is 0.278. The molecule has 0 unspecified atom stereocenters. The number of sulfonamides is 1. The molecular formula is C18H22N2O4S2. The van der Waals surface area contributed by atoms with Gasteiger partial charge in [0, 0.05) is 17.6 Å². The van der Waals surface area contributed by atoms with E-state index in [9.17, 15) is 13.2 Å². The molecule has 26 heavy (non-hydrogen) atoms. The van der Waals surface area contributed by atoms with Gasteiger partial charge in [-0.25, -0.2) is 8.42 Å². The molecular weight excluding hydrogens is 372 g/mol. The van der Waals surface area contributed by atoms with E-state index in [1.165, 1.54) is 11.4 Å². The number of nitrogens with one attached hydrogen (secondary N) is 1. The molecule has 140 valence electrons. The number of thioether (sulfide) groups is 1. The third-order valence-electron chi connectivity index (χ3n) is 3.72. The largest absolute Gasteiger partial charge is 0.481 e. The minimum absolute atomic E-state index is 0.263. The summed E-state index contributed by atoms with van der Waals surface area (Å²) >= 11 is 1.60. The molecule has 0 saturated carbocycles. The van der Waals surface area contributed by atoms with Gasteiger partial charge in [0.25, 0.3) is 5.91 Å². The second-order valence-corrected chi connectivity index (χ2v) is 8.60. The number of ether oxygens (including phenoxy) is 1. The summed E-state index contributed by atoms with van der Waals surface area (Å²) in [5.74, 6) is 0.219. The first-order valence-corrected chi connectivity index (χ1v) is 10.9. The van der Waals surface area contributed by atoms with Crippen molar-refractivity contribution in [2.75, 3.05) is 29.2 Å². The van der Waals surface area contributed by atoms with E-state index in [1.807, 2.05) is 30.5 Å². The van der Waals surface area contributed by atoms with Gasteiger partial charge in [-0.15, -0.1) is 11.8 Å². The van der Waals surface area contributed by atoms with Crippen LogP contribution >= 0.6 is 11.8 Å². The lowest BCUT2D eigenvalue weighted by Gasteiger charge is -2.18. The van der Waals surface area contributed by atoms with Crippen molar-refractivity contribution < 1.29 is 17.9 Å². The van der Waals surface area contributed by atoms with Gasteiger partial charge < -0.3 is 10.1 Å². The van der Waals surface area contributed by atoms with Crippen LogP contribution in [0.2, 0.25) is 0 Å². The van der Waals surface area contributed by atoms with Gasteiger partial charge in [0.05, 0.1) is 11.9 Å². The van der Waals surface area contributed by atoms with Crippen molar-refractivity contribution in [1.29, 1.82) is 0 Å². The topological polar surface area (TPSA) is 75.7 Å². The van der Waals surface area contributed by atoms with Crippen molar-refractivity contribution in [3.05, 3.63) is 48.5 Å². The zero-order chi connectivity index (χ0) is 19.3. The van der Waals surface area contributed by atoms with E-state index in [0.717, 1.165) is 11.2 Å². The van der Waals surface area contributed by atoms with Gasteiger partial charge in [-0.1, -0.05) is 6.07 Å². The van der Waals surface area contributed by atoms with Gasteiger partial charge in [0.2, 0.25) is 10.0 Å². The third kappa shape index (κ3) is 5.40. The number of carbonyl (C=O) groups is 1. The minimum Gasteiger partial charge on any atom is -0.481 e. The van der Waals surface area contributed by atoms with E-state index in [2.05, 4.69) is 5.32 Å². The second kappa shape index (κ2) is 8.46. The normalized spacial score (nSPS) is 12.3. The van der Waals surface area contributed by atoms with Crippen molar-refractivity contribution in [2.45, 2.75) is 17.9 Å². The number of benzene rings is 2. The van der Waals surface area contributed by atoms with Crippen LogP contribution in [0.15, 0.2) is 53.4 Å². The molecule has 0 aliphatic rings. The standard InChI is InChI=1S/C18H22N2O4S2/c1-13(18(21)19-14-6-5-7-17(12-14)25-3)24-16-10-8-15(9-11-16)20(2)26(4,22)23/h5-13H,1-4H3,(H,19,21)/t13-/m1/s1. The third-order valence-corrected chi connectivity index (χ3v) is 5.65. The summed E-state index contributed by atoms with van der Waals surface area (Å²) < 4.78 is 29.9. The quantitative estimate of drug-likeness (QED) is 0.730. The van der Waals surface area contributed by atoms with Crippen LogP contribution in [0.25, 0.3) is 0 Å². The molecule has 0 aliphatic carbocycles. The highest BCUT2D eigenvalue weighted by atomic mass is 32.2. The molecule has 2 aromatic carbocycles. The Morgan fingerprint density at radius 1 is 1.19 bits per heavy atom. The van der Waals surface area contributed by atoms with Crippen LogP contribution in [0.5, 0.6) is 5.75 Å². The number of amides is 1. The van der Waals surface area contributed by atoms with E-state index in [4.69, 9.17) is 4.74 Å². The van der Waals surface area contributed by atoms with E-state index in [1.54, 1.807) is 43.0 Å². The van der Waals surface area contributed by atoms with Crippen molar-refractivity contribution in [3.63, 3.8) is 0 Å². The molecule has 0 radical (unpaired) electrons. The first kappa shape index (κ1) is 20.1. The summed E-state index contributed by atoms with van der Waals surface area (Å²) in [7, 11) is -1.84. The molecule has 0 bridgehead atoms. The summed E-state index contributed by atoms with van der Waals surface area (Å²) in [6.07, 6.45) is 2.40. The van der Waals surface area contributed by atoms with E-state index in [-0.39, 0.29) is 5.91 Å². The number of hydrogen-bond donors (Lipinski definition) is 1. The van der Waals surface area contributed by atoms with Gasteiger partial charge in [0.1, 0.15) is 5.75 Å². The summed E-state index contributed by atoms with van der Waals surface area (Å²) in [5, 5.41) is 2.82. The zero-order valence-electron chi connectivity index (χ0n) is 15.1. The predicted molar refractivity (Wildman–Crippen MR) is 107 cm³/mol. The van der Waals surface area contributed by atoms with Gasteiger partial charge in [-0.3, -0.25) is 9.10 Å². The predicted octanol–water partition coefficient (Wildman–Crippen LogP) is 3.21. The van der Waals surface area contributed by atoms with E-state index in [0.29, 0.717) is 17.1 Å².